The van der Waals surface area contributed by atoms with E-state index in [-0.39, 0.29) is 23.8 Å². The molecular weight excluding hydrogens is 351 g/mol. The van der Waals surface area contributed by atoms with Crippen LogP contribution < -0.4 is 9.80 Å². The number of ether oxygens (including phenoxy) is 1. The molecule has 2 aliphatic heterocycles. The van der Waals surface area contributed by atoms with E-state index in [2.05, 4.69) is 9.97 Å². The second kappa shape index (κ2) is 7.26. The first kappa shape index (κ1) is 18.7. The predicted octanol–water partition coefficient (Wildman–Crippen LogP) is 1.39. The maximum absolute atomic E-state index is 13.1. The number of carbonyl (C=O) groups is 1. The molecular formula is C16H22F3N5O2. The number of carbonyl (C=O) groups excluding carboxylic acids is 1. The van der Waals surface area contributed by atoms with Gasteiger partial charge in [0.05, 0.1) is 0 Å². The lowest BCUT2D eigenvalue weighted by molar-refractivity contribution is -0.141. The summed E-state index contributed by atoms with van der Waals surface area (Å²) in [7, 11) is 3.26. The molecule has 144 valence electrons. The predicted molar refractivity (Wildman–Crippen MR) is 89.1 cm³/mol. The number of anilines is 2. The van der Waals surface area contributed by atoms with Gasteiger partial charge in [0, 0.05) is 52.9 Å². The summed E-state index contributed by atoms with van der Waals surface area (Å²) >= 11 is 0. The number of rotatable bonds is 3. The highest BCUT2D eigenvalue weighted by molar-refractivity contribution is 5.81. The van der Waals surface area contributed by atoms with Crippen molar-refractivity contribution in [2.24, 2.45) is 0 Å². The van der Waals surface area contributed by atoms with Crippen molar-refractivity contribution >= 4 is 17.7 Å². The standard InChI is InChI=1S/C16H22F3N5O2/c1-22(2)13-10-12(16(17,18)19)20-15(21-13)24-7-5-23(6-8-24)14(25)11-4-3-9-26-11/h10-11H,3-9H2,1-2H3. The highest BCUT2D eigenvalue weighted by Gasteiger charge is 2.35. The smallest absolute Gasteiger partial charge is 0.368 e. The van der Waals surface area contributed by atoms with Crippen molar-refractivity contribution in [1.29, 1.82) is 0 Å². The van der Waals surface area contributed by atoms with Crippen LogP contribution in [0.5, 0.6) is 0 Å². The minimum atomic E-state index is -4.54. The molecule has 1 atom stereocenters. The van der Waals surface area contributed by atoms with Gasteiger partial charge in [0.25, 0.3) is 5.91 Å². The zero-order chi connectivity index (χ0) is 18.9. The zero-order valence-electron chi connectivity index (χ0n) is 14.8. The molecule has 1 aromatic rings. The van der Waals surface area contributed by atoms with Gasteiger partial charge < -0.3 is 19.4 Å². The van der Waals surface area contributed by atoms with Crippen LogP contribution in [-0.4, -0.2) is 73.8 Å². The normalized spacial score (nSPS) is 21.2. The molecule has 2 fully saturated rings. The van der Waals surface area contributed by atoms with Crippen molar-refractivity contribution in [2.45, 2.75) is 25.1 Å². The number of hydrogen-bond acceptors (Lipinski definition) is 6. The third-order valence-corrected chi connectivity index (χ3v) is 4.53. The molecule has 2 saturated heterocycles. The molecule has 0 aromatic carbocycles. The molecule has 10 heteroatoms. The molecule has 3 heterocycles. The Labute approximate surface area is 149 Å². The number of aromatic nitrogens is 2. The van der Waals surface area contributed by atoms with Crippen LogP contribution >= 0.6 is 0 Å². The van der Waals surface area contributed by atoms with E-state index in [9.17, 15) is 18.0 Å². The van der Waals surface area contributed by atoms with Gasteiger partial charge in [0.2, 0.25) is 5.95 Å². The Morgan fingerprint density at radius 1 is 1.23 bits per heavy atom. The van der Waals surface area contributed by atoms with Crippen molar-refractivity contribution in [3.05, 3.63) is 11.8 Å². The summed E-state index contributed by atoms with van der Waals surface area (Å²) < 4.78 is 44.8. The van der Waals surface area contributed by atoms with E-state index in [4.69, 9.17) is 4.74 Å². The van der Waals surface area contributed by atoms with Crippen molar-refractivity contribution in [2.75, 3.05) is 56.7 Å². The molecule has 1 amide bonds. The number of halogens is 3. The molecule has 3 rings (SSSR count). The lowest BCUT2D eigenvalue weighted by Gasteiger charge is -2.36. The number of nitrogens with zero attached hydrogens (tertiary/aromatic N) is 5. The van der Waals surface area contributed by atoms with Crippen LogP contribution in [0, 0.1) is 0 Å². The second-order valence-corrected chi connectivity index (χ2v) is 6.62. The number of piperazine rings is 1. The average molecular weight is 373 g/mol. The highest BCUT2D eigenvalue weighted by Crippen LogP contribution is 2.31. The Morgan fingerprint density at radius 3 is 2.46 bits per heavy atom. The van der Waals surface area contributed by atoms with E-state index in [1.807, 2.05) is 0 Å². The summed E-state index contributed by atoms with van der Waals surface area (Å²) in [5.74, 6) is 0.189. The molecule has 1 aromatic heterocycles. The lowest BCUT2D eigenvalue weighted by Crippen LogP contribution is -2.52. The van der Waals surface area contributed by atoms with Crippen molar-refractivity contribution in [3.63, 3.8) is 0 Å². The maximum atomic E-state index is 13.1. The minimum Gasteiger partial charge on any atom is -0.368 e. The zero-order valence-corrected chi connectivity index (χ0v) is 14.8. The fourth-order valence-corrected chi connectivity index (χ4v) is 3.04. The Balaban J connectivity index is 1.72. The molecule has 0 spiro atoms. The number of amides is 1. The first-order chi connectivity index (χ1) is 12.3. The molecule has 0 saturated carbocycles. The fraction of sp³-hybridized carbons (Fsp3) is 0.688. The van der Waals surface area contributed by atoms with E-state index in [0.717, 1.165) is 18.9 Å². The van der Waals surface area contributed by atoms with Crippen LogP contribution in [-0.2, 0) is 15.7 Å². The van der Waals surface area contributed by atoms with Gasteiger partial charge in [-0.2, -0.15) is 18.2 Å². The molecule has 0 radical (unpaired) electrons. The second-order valence-electron chi connectivity index (χ2n) is 6.62. The summed E-state index contributed by atoms with van der Waals surface area (Å²) in [5.41, 5.74) is -0.968. The van der Waals surface area contributed by atoms with Crippen LogP contribution in [0.1, 0.15) is 18.5 Å². The first-order valence-corrected chi connectivity index (χ1v) is 8.54. The largest absolute Gasteiger partial charge is 0.433 e. The summed E-state index contributed by atoms with van der Waals surface area (Å²) in [6.45, 7) is 2.19. The molecule has 7 nitrogen and oxygen atoms in total. The van der Waals surface area contributed by atoms with Gasteiger partial charge in [0.1, 0.15) is 11.9 Å². The van der Waals surface area contributed by atoms with Crippen molar-refractivity contribution < 1.29 is 22.7 Å². The van der Waals surface area contributed by atoms with Crippen LogP contribution in [0.3, 0.4) is 0 Å². The molecule has 1 unspecified atom stereocenters. The molecule has 2 aliphatic rings. The Kier molecular flexibility index (Phi) is 5.22. The minimum absolute atomic E-state index is 0.0349. The quantitative estimate of drug-likeness (QED) is 0.798. The molecule has 0 N–H and O–H groups in total. The van der Waals surface area contributed by atoms with Crippen molar-refractivity contribution in [1.82, 2.24) is 14.9 Å². The van der Waals surface area contributed by atoms with Gasteiger partial charge in [-0.25, -0.2) is 4.98 Å². The lowest BCUT2D eigenvalue weighted by atomic mass is 10.2. The van der Waals surface area contributed by atoms with Crippen LogP contribution in [0.4, 0.5) is 24.9 Å². The van der Waals surface area contributed by atoms with Crippen LogP contribution in [0.2, 0.25) is 0 Å². The molecule has 26 heavy (non-hydrogen) atoms. The van der Waals surface area contributed by atoms with Gasteiger partial charge >= 0.3 is 6.18 Å². The molecule has 0 aliphatic carbocycles. The van der Waals surface area contributed by atoms with Gasteiger partial charge in [-0.3, -0.25) is 4.79 Å². The summed E-state index contributed by atoms with van der Waals surface area (Å²) in [4.78, 5) is 25.2. The van der Waals surface area contributed by atoms with Gasteiger partial charge in [0.15, 0.2) is 5.69 Å². The van der Waals surface area contributed by atoms with E-state index in [0.29, 0.717) is 32.8 Å². The van der Waals surface area contributed by atoms with E-state index >= 15 is 0 Å². The Hall–Kier alpha value is -2.10. The third-order valence-electron chi connectivity index (χ3n) is 4.53. The van der Waals surface area contributed by atoms with Crippen LogP contribution in [0.15, 0.2) is 6.07 Å². The first-order valence-electron chi connectivity index (χ1n) is 8.54. The number of alkyl halides is 3. The van der Waals surface area contributed by atoms with Gasteiger partial charge in [-0.05, 0) is 12.8 Å². The topological polar surface area (TPSA) is 61.8 Å². The van der Waals surface area contributed by atoms with E-state index < -0.39 is 11.9 Å². The Bertz CT molecular complexity index is 654. The highest BCUT2D eigenvalue weighted by atomic mass is 19.4. The maximum Gasteiger partial charge on any atom is 0.433 e. The van der Waals surface area contributed by atoms with E-state index in [1.54, 1.807) is 23.9 Å². The average Bonchev–Trinajstić information content (AvgIpc) is 3.14. The number of hydrogen-bond donors (Lipinski definition) is 0. The summed E-state index contributed by atoms with van der Waals surface area (Å²) in [6.07, 6.45) is -3.32. The van der Waals surface area contributed by atoms with Gasteiger partial charge in [-0.1, -0.05) is 0 Å². The fourth-order valence-electron chi connectivity index (χ4n) is 3.04. The van der Waals surface area contributed by atoms with Crippen LogP contribution in [0.25, 0.3) is 0 Å². The monoisotopic (exact) mass is 373 g/mol. The SMILES string of the molecule is CN(C)c1cc(C(F)(F)F)nc(N2CCN(C(=O)C3CCCO3)CC2)n1. The Morgan fingerprint density at radius 2 is 1.92 bits per heavy atom. The van der Waals surface area contributed by atoms with Gasteiger partial charge in [-0.15, -0.1) is 0 Å². The third kappa shape index (κ3) is 4.00. The summed E-state index contributed by atoms with van der Waals surface area (Å²) in [6, 6.07) is 0.931. The molecule has 0 bridgehead atoms. The van der Waals surface area contributed by atoms with Crippen molar-refractivity contribution in [3.8, 4) is 0 Å². The van der Waals surface area contributed by atoms with E-state index in [1.165, 1.54) is 4.90 Å². The summed E-state index contributed by atoms with van der Waals surface area (Å²) in [5, 5.41) is 0.